The molecule has 8 nitrogen and oxygen atoms in total. The number of likely N-dealkylation sites (tertiary alicyclic amines) is 1. The van der Waals surface area contributed by atoms with Crippen LogP contribution in [0.2, 0.25) is 0 Å². The van der Waals surface area contributed by atoms with Gasteiger partial charge in [0.25, 0.3) is 0 Å². The van der Waals surface area contributed by atoms with Crippen molar-refractivity contribution in [1.82, 2.24) is 4.90 Å². The average Bonchev–Trinajstić information content (AvgIpc) is 3.41. The molecule has 3 aliphatic rings. The monoisotopic (exact) mass is 495 g/mol. The molecule has 0 aliphatic carbocycles. The Labute approximate surface area is 208 Å². The van der Waals surface area contributed by atoms with E-state index in [9.17, 15) is 19.5 Å². The summed E-state index contributed by atoms with van der Waals surface area (Å²) in [4.78, 5) is 42.4. The van der Waals surface area contributed by atoms with Crippen LogP contribution in [0.1, 0.15) is 19.8 Å². The largest absolute Gasteiger partial charge is 0.497 e. The molecule has 2 aromatic rings. The number of benzene rings is 2. The van der Waals surface area contributed by atoms with Crippen molar-refractivity contribution < 1.29 is 24.2 Å². The molecule has 2 aromatic carbocycles. The van der Waals surface area contributed by atoms with Gasteiger partial charge in [-0.2, -0.15) is 0 Å². The highest BCUT2D eigenvalue weighted by Gasteiger charge is 2.77. The van der Waals surface area contributed by atoms with Crippen LogP contribution in [-0.2, 0) is 14.4 Å². The smallest absolute Gasteiger partial charge is 0.248 e. The van der Waals surface area contributed by atoms with Crippen molar-refractivity contribution >= 4 is 40.9 Å². The molecule has 9 heteroatoms. The van der Waals surface area contributed by atoms with E-state index >= 15 is 0 Å². The Bertz CT molecular complexity index is 1140. The summed E-state index contributed by atoms with van der Waals surface area (Å²) < 4.78 is 4.00. The van der Waals surface area contributed by atoms with Gasteiger partial charge in [-0.3, -0.25) is 14.4 Å². The van der Waals surface area contributed by atoms with Crippen LogP contribution >= 0.6 is 11.8 Å². The molecule has 3 aliphatic heterocycles. The maximum Gasteiger partial charge on any atom is 0.248 e. The number of carbonyl (C=O) groups excluding carboxylic acids is 3. The molecule has 3 saturated heterocycles. The van der Waals surface area contributed by atoms with E-state index in [0.717, 1.165) is 6.42 Å². The quantitative estimate of drug-likeness (QED) is 0.545. The number of anilines is 2. The third kappa shape index (κ3) is 3.77. The Morgan fingerprint density at radius 1 is 1.06 bits per heavy atom. The van der Waals surface area contributed by atoms with Gasteiger partial charge in [-0.05, 0) is 56.2 Å². The van der Waals surface area contributed by atoms with Crippen LogP contribution in [0.15, 0.2) is 54.6 Å². The van der Waals surface area contributed by atoms with Crippen molar-refractivity contribution in [2.24, 2.45) is 11.8 Å². The summed E-state index contributed by atoms with van der Waals surface area (Å²) in [6.45, 7) is 1.81. The van der Waals surface area contributed by atoms with Crippen molar-refractivity contribution in [2.45, 2.75) is 35.3 Å². The lowest BCUT2D eigenvalue weighted by molar-refractivity contribution is -0.139. The molecule has 2 unspecified atom stereocenters. The topological polar surface area (TPSA) is 108 Å². The van der Waals surface area contributed by atoms with Gasteiger partial charge in [0, 0.05) is 22.7 Å². The van der Waals surface area contributed by atoms with Crippen LogP contribution in [0.3, 0.4) is 0 Å². The maximum absolute atomic E-state index is 13.7. The van der Waals surface area contributed by atoms with Crippen LogP contribution in [0.4, 0.5) is 11.4 Å². The summed E-state index contributed by atoms with van der Waals surface area (Å²) in [5.41, 5.74) is 1.27. The number of aliphatic hydroxyl groups is 1. The van der Waals surface area contributed by atoms with Crippen LogP contribution in [0.5, 0.6) is 5.75 Å². The number of ether oxygens (including phenoxy) is 1. The zero-order chi connectivity index (χ0) is 24.8. The van der Waals surface area contributed by atoms with Crippen molar-refractivity contribution in [3.63, 3.8) is 0 Å². The first-order chi connectivity index (χ1) is 16.8. The molecule has 1 spiro atoms. The number of nitrogens with zero attached hydrogens (tertiary/aromatic N) is 1. The van der Waals surface area contributed by atoms with E-state index < -0.39 is 27.4 Å². The standard InChI is InChI=1S/C26H29N3O5S/c1-25-12-13-26(35-25)20(19(25)22(31)27-16-6-4-3-5-7-16)24(33)29(14-15-30)21(26)23(32)28-17-8-10-18(34-2)11-9-17/h3-11,19-21,30H,12-15H2,1-2H3,(H,27,31)(H,28,32)/t19-,20+,21?,25+,26?/m1/s1. The summed E-state index contributed by atoms with van der Waals surface area (Å²) in [7, 11) is 1.57. The number of nitrogens with one attached hydrogen (secondary N) is 2. The predicted octanol–water partition coefficient (Wildman–Crippen LogP) is 2.75. The van der Waals surface area contributed by atoms with Crippen LogP contribution in [0, 0.1) is 11.8 Å². The van der Waals surface area contributed by atoms with Crippen LogP contribution in [-0.4, -0.2) is 63.5 Å². The molecule has 0 saturated carbocycles. The zero-order valence-corrected chi connectivity index (χ0v) is 20.5. The Morgan fingerprint density at radius 3 is 2.37 bits per heavy atom. The average molecular weight is 496 g/mol. The summed E-state index contributed by atoms with van der Waals surface area (Å²) in [5.74, 6) is -1.28. The summed E-state index contributed by atoms with van der Waals surface area (Å²) in [6.07, 6.45) is 1.38. The van der Waals surface area contributed by atoms with Crippen LogP contribution < -0.4 is 15.4 Å². The Morgan fingerprint density at radius 2 is 1.71 bits per heavy atom. The number of rotatable bonds is 7. The maximum atomic E-state index is 13.7. The number of hydrogen-bond donors (Lipinski definition) is 3. The molecule has 0 radical (unpaired) electrons. The van der Waals surface area contributed by atoms with Crippen LogP contribution in [0.25, 0.3) is 0 Å². The molecular formula is C26H29N3O5S. The molecule has 3 N–H and O–H groups in total. The number of carbonyl (C=O) groups is 3. The van der Waals surface area contributed by atoms with Crippen molar-refractivity contribution in [3.8, 4) is 5.75 Å². The highest BCUT2D eigenvalue weighted by molar-refractivity contribution is 8.02. The summed E-state index contributed by atoms with van der Waals surface area (Å²) in [6, 6.07) is 15.4. The third-order valence-electron chi connectivity index (χ3n) is 7.55. The van der Waals surface area contributed by atoms with Gasteiger partial charge in [0.05, 0.1) is 30.3 Å². The fourth-order valence-electron chi connectivity index (χ4n) is 6.10. The van der Waals surface area contributed by atoms with Crippen molar-refractivity contribution in [2.75, 3.05) is 30.9 Å². The predicted molar refractivity (Wildman–Crippen MR) is 134 cm³/mol. The van der Waals surface area contributed by atoms with Gasteiger partial charge in [-0.25, -0.2) is 0 Å². The number of thioether (sulfide) groups is 1. The number of fused-ring (bicyclic) bond motifs is 1. The van der Waals surface area contributed by atoms with E-state index in [-0.39, 0.29) is 30.9 Å². The summed E-state index contributed by atoms with van der Waals surface area (Å²) >= 11 is 1.60. The number of amides is 3. The van der Waals surface area contributed by atoms with Gasteiger partial charge >= 0.3 is 0 Å². The van der Waals surface area contributed by atoms with Gasteiger partial charge in [0.15, 0.2) is 0 Å². The molecule has 0 aromatic heterocycles. The number of aliphatic hydroxyl groups excluding tert-OH is 1. The first-order valence-electron chi connectivity index (χ1n) is 11.8. The lowest BCUT2D eigenvalue weighted by Crippen LogP contribution is -2.52. The van der Waals surface area contributed by atoms with Gasteiger partial charge < -0.3 is 25.4 Å². The molecule has 3 amide bonds. The zero-order valence-electron chi connectivity index (χ0n) is 19.7. The molecule has 35 heavy (non-hydrogen) atoms. The summed E-state index contributed by atoms with van der Waals surface area (Å²) in [5, 5.41) is 15.6. The van der Waals surface area contributed by atoms with Crippen molar-refractivity contribution in [1.29, 1.82) is 0 Å². The lowest BCUT2D eigenvalue weighted by atomic mass is 9.66. The fourth-order valence-corrected chi connectivity index (χ4v) is 8.46. The Balaban J connectivity index is 1.47. The van der Waals surface area contributed by atoms with Gasteiger partial charge in [0.2, 0.25) is 17.7 Å². The number of methoxy groups -OCH3 is 1. The minimum Gasteiger partial charge on any atom is -0.497 e. The Kier molecular flexibility index (Phi) is 6.01. The number of hydrogen-bond acceptors (Lipinski definition) is 6. The highest BCUT2D eigenvalue weighted by atomic mass is 32.2. The van der Waals surface area contributed by atoms with Gasteiger partial charge in [-0.1, -0.05) is 18.2 Å². The first kappa shape index (κ1) is 23.7. The third-order valence-corrected chi connectivity index (χ3v) is 9.53. The van der Waals surface area contributed by atoms with E-state index in [4.69, 9.17) is 4.74 Å². The Hall–Kier alpha value is -3.04. The number of β-amino-alcohol motifs (C(OH)–C–C–N with tert-alkyl or cyclic N) is 1. The first-order valence-corrected chi connectivity index (χ1v) is 12.6. The van der Waals surface area contributed by atoms with E-state index in [1.54, 1.807) is 43.1 Å². The van der Waals surface area contributed by atoms with Gasteiger partial charge in [-0.15, -0.1) is 11.8 Å². The molecular weight excluding hydrogens is 466 g/mol. The SMILES string of the molecule is COc1ccc(NC(=O)C2N(CCO)C(=O)[C@@H]3[C@H](C(=O)Nc4ccccc4)[C@]4(C)CCC23S4)cc1. The molecule has 5 atom stereocenters. The molecule has 184 valence electrons. The lowest BCUT2D eigenvalue weighted by Gasteiger charge is -2.34. The second-order valence-electron chi connectivity index (χ2n) is 9.56. The second kappa shape index (κ2) is 8.87. The molecule has 3 fully saturated rings. The molecule has 5 rings (SSSR count). The van der Waals surface area contributed by atoms with E-state index in [0.29, 0.717) is 23.5 Å². The fraction of sp³-hybridized carbons (Fsp3) is 0.423. The number of para-hydroxylation sites is 1. The van der Waals surface area contributed by atoms with E-state index in [1.807, 2.05) is 37.3 Å². The van der Waals surface area contributed by atoms with Gasteiger partial charge in [0.1, 0.15) is 11.8 Å². The minimum atomic E-state index is -0.782. The minimum absolute atomic E-state index is 0.0437. The molecule has 3 heterocycles. The second-order valence-corrected chi connectivity index (χ2v) is 11.5. The molecule has 2 bridgehead atoms. The van der Waals surface area contributed by atoms with E-state index in [1.165, 1.54) is 4.90 Å². The highest BCUT2D eigenvalue weighted by Crippen LogP contribution is 2.71. The van der Waals surface area contributed by atoms with E-state index in [2.05, 4.69) is 10.6 Å². The normalized spacial score (nSPS) is 30.8. The van der Waals surface area contributed by atoms with Crippen molar-refractivity contribution in [3.05, 3.63) is 54.6 Å².